The van der Waals surface area contributed by atoms with Gasteiger partial charge in [0.25, 0.3) is 0 Å². The van der Waals surface area contributed by atoms with E-state index in [1.807, 2.05) is 7.05 Å². The molecule has 0 atom stereocenters. The van der Waals surface area contributed by atoms with Crippen molar-refractivity contribution < 1.29 is 9.18 Å². The van der Waals surface area contributed by atoms with Crippen molar-refractivity contribution in [2.75, 3.05) is 13.6 Å². The molecule has 0 saturated heterocycles. The Balaban J connectivity index is 2.31. The molecule has 0 amide bonds. The molecule has 0 bridgehead atoms. The minimum atomic E-state index is -0.206. The number of carbonyl (C=O) groups is 1. The molecule has 0 fully saturated rings. The molecule has 0 saturated carbocycles. The molecule has 0 aromatic heterocycles. The van der Waals surface area contributed by atoms with Gasteiger partial charge in [-0.2, -0.15) is 0 Å². The van der Waals surface area contributed by atoms with E-state index in [1.165, 1.54) is 12.1 Å². The molecule has 1 aromatic carbocycles. The molecule has 0 N–H and O–H groups in total. The van der Waals surface area contributed by atoms with Crippen molar-refractivity contribution in [3.05, 3.63) is 35.6 Å². The van der Waals surface area contributed by atoms with Crippen LogP contribution in [0.3, 0.4) is 0 Å². The highest BCUT2D eigenvalue weighted by Gasteiger charge is 2.01. The summed E-state index contributed by atoms with van der Waals surface area (Å²) in [7, 11) is 2.00. The van der Waals surface area contributed by atoms with Gasteiger partial charge in [-0.25, -0.2) is 4.39 Å². The summed E-state index contributed by atoms with van der Waals surface area (Å²) in [6, 6.07) is 6.52. The van der Waals surface area contributed by atoms with Gasteiger partial charge in [0.2, 0.25) is 0 Å². The van der Waals surface area contributed by atoms with Crippen LogP contribution < -0.4 is 0 Å². The lowest BCUT2D eigenvalue weighted by Gasteiger charge is -2.16. The van der Waals surface area contributed by atoms with E-state index >= 15 is 0 Å². The minimum absolute atomic E-state index is 0.206. The van der Waals surface area contributed by atoms with E-state index in [-0.39, 0.29) is 11.6 Å². The predicted octanol–water partition coefficient (Wildman–Crippen LogP) is 2.63. The second-order valence-corrected chi connectivity index (χ2v) is 4.17. The Bertz CT molecular complexity index is 334. The van der Waals surface area contributed by atoms with E-state index in [0.29, 0.717) is 6.42 Å². The van der Waals surface area contributed by atoms with Crippen molar-refractivity contribution in [3.8, 4) is 0 Å². The molecule has 0 aliphatic carbocycles. The van der Waals surface area contributed by atoms with Crippen molar-refractivity contribution in [3.63, 3.8) is 0 Å². The van der Waals surface area contributed by atoms with Gasteiger partial charge in [0.05, 0.1) is 0 Å². The Morgan fingerprint density at radius 3 is 2.50 bits per heavy atom. The molecule has 1 aromatic rings. The molecule has 0 spiro atoms. The molecular weight excluding hydrogens is 205 g/mol. The Hall–Kier alpha value is -1.22. The van der Waals surface area contributed by atoms with E-state index in [4.69, 9.17) is 0 Å². The van der Waals surface area contributed by atoms with Crippen molar-refractivity contribution in [2.24, 2.45) is 0 Å². The third kappa shape index (κ3) is 5.03. The third-order valence-corrected chi connectivity index (χ3v) is 2.43. The highest BCUT2D eigenvalue weighted by atomic mass is 19.1. The average Bonchev–Trinajstić information content (AvgIpc) is 2.21. The van der Waals surface area contributed by atoms with Crippen LogP contribution in [-0.4, -0.2) is 24.3 Å². The Labute approximate surface area is 96.1 Å². The number of halogens is 1. The second kappa shape index (κ2) is 6.38. The van der Waals surface area contributed by atoms with Crippen LogP contribution in [-0.2, 0) is 11.3 Å². The first-order valence-electron chi connectivity index (χ1n) is 5.50. The fraction of sp³-hybridized carbons (Fsp3) is 0.462. The van der Waals surface area contributed by atoms with Crippen molar-refractivity contribution in [2.45, 2.75) is 26.3 Å². The van der Waals surface area contributed by atoms with Crippen LogP contribution in [0.4, 0.5) is 4.39 Å². The van der Waals surface area contributed by atoms with Gasteiger partial charge in [-0.1, -0.05) is 12.1 Å². The van der Waals surface area contributed by atoms with Crippen molar-refractivity contribution in [1.29, 1.82) is 0 Å². The van der Waals surface area contributed by atoms with Gasteiger partial charge in [-0.3, -0.25) is 0 Å². The summed E-state index contributed by atoms with van der Waals surface area (Å²) in [6.07, 6.45) is 1.51. The Morgan fingerprint density at radius 1 is 1.31 bits per heavy atom. The fourth-order valence-electron chi connectivity index (χ4n) is 1.58. The molecule has 88 valence electrons. The Morgan fingerprint density at radius 2 is 1.94 bits per heavy atom. The lowest BCUT2D eigenvalue weighted by molar-refractivity contribution is -0.117. The zero-order chi connectivity index (χ0) is 12.0. The molecular formula is C13H18FNO. The van der Waals surface area contributed by atoms with Gasteiger partial charge in [-0.15, -0.1) is 0 Å². The zero-order valence-electron chi connectivity index (χ0n) is 9.87. The fourth-order valence-corrected chi connectivity index (χ4v) is 1.58. The normalized spacial score (nSPS) is 10.8. The summed E-state index contributed by atoms with van der Waals surface area (Å²) in [6.45, 7) is 3.29. The zero-order valence-corrected chi connectivity index (χ0v) is 9.87. The van der Waals surface area contributed by atoms with Crippen LogP contribution in [0.15, 0.2) is 24.3 Å². The van der Waals surface area contributed by atoms with Gasteiger partial charge in [0, 0.05) is 13.0 Å². The van der Waals surface area contributed by atoms with E-state index in [2.05, 4.69) is 4.90 Å². The molecule has 0 aliphatic rings. The molecule has 1 rings (SSSR count). The number of benzene rings is 1. The number of ketones is 1. The first kappa shape index (κ1) is 12.8. The van der Waals surface area contributed by atoms with Crippen LogP contribution >= 0.6 is 0 Å². The SMILES string of the molecule is CC(=O)CCCN(C)Cc1ccc(F)cc1. The van der Waals surface area contributed by atoms with E-state index in [1.54, 1.807) is 19.1 Å². The number of rotatable bonds is 6. The topological polar surface area (TPSA) is 20.3 Å². The molecule has 16 heavy (non-hydrogen) atoms. The van der Waals surface area contributed by atoms with Gasteiger partial charge < -0.3 is 9.69 Å². The molecule has 0 heterocycles. The van der Waals surface area contributed by atoms with Crippen LogP contribution in [0.5, 0.6) is 0 Å². The maximum absolute atomic E-state index is 12.7. The monoisotopic (exact) mass is 223 g/mol. The minimum Gasteiger partial charge on any atom is -0.302 e. The van der Waals surface area contributed by atoms with E-state index in [0.717, 1.165) is 25.1 Å². The van der Waals surface area contributed by atoms with Crippen molar-refractivity contribution >= 4 is 5.78 Å². The first-order chi connectivity index (χ1) is 7.58. The molecule has 0 aliphatic heterocycles. The van der Waals surface area contributed by atoms with Gasteiger partial charge in [0.15, 0.2) is 0 Å². The number of Topliss-reactive ketones (excluding diaryl/α,β-unsaturated/α-hetero) is 1. The summed E-state index contributed by atoms with van der Waals surface area (Å²) in [5, 5.41) is 0. The molecule has 3 heteroatoms. The summed E-state index contributed by atoms with van der Waals surface area (Å²) in [4.78, 5) is 12.9. The Kier molecular flexibility index (Phi) is 5.12. The second-order valence-electron chi connectivity index (χ2n) is 4.17. The highest BCUT2D eigenvalue weighted by molar-refractivity contribution is 5.75. The number of carbonyl (C=O) groups excluding carboxylic acids is 1. The quantitative estimate of drug-likeness (QED) is 0.739. The summed E-state index contributed by atoms with van der Waals surface area (Å²) in [5.41, 5.74) is 1.09. The van der Waals surface area contributed by atoms with Crippen LogP contribution in [0.25, 0.3) is 0 Å². The largest absolute Gasteiger partial charge is 0.302 e. The lowest BCUT2D eigenvalue weighted by atomic mass is 10.2. The maximum Gasteiger partial charge on any atom is 0.129 e. The van der Waals surface area contributed by atoms with Crippen LogP contribution in [0, 0.1) is 5.82 Å². The standard InChI is InChI=1S/C13H18FNO/c1-11(16)4-3-9-15(2)10-12-5-7-13(14)8-6-12/h5-8H,3-4,9-10H2,1-2H3. The first-order valence-corrected chi connectivity index (χ1v) is 5.50. The number of nitrogens with zero attached hydrogens (tertiary/aromatic N) is 1. The van der Waals surface area contributed by atoms with Gasteiger partial charge in [-0.05, 0) is 44.6 Å². The highest BCUT2D eigenvalue weighted by Crippen LogP contribution is 2.06. The maximum atomic E-state index is 12.7. The summed E-state index contributed by atoms with van der Waals surface area (Å²) in [5.74, 6) is 0.0261. The van der Waals surface area contributed by atoms with E-state index < -0.39 is 0 Å². The lowest BCUT2D eigenvalue weighted by Crippen LogP contribution is -2.19. The molecule has 0 radical (unpaired) electrons. The number of hydrogen-bond donors (Lipinski definition) is 0. The molecule has 2 nitrogen and oxygen atoms in total. The van der Waals surface area contributed by atoms with Crippen molar-refractivity contribution in [1.82, 2.24) is 4.90 Å². The van der Waals surface area contributed by atoms with Crippen LogP contribution in [0.1, 0.15) is 25.3 Å². The van der Waals surface area contributed by atoms with Crippen LogP contribution in [0.2, 0.25) is 0 Å². The predicted molar refractivity (Wildman–Crippen MR) is 62.6 cm³/mol. The third-order valence-electron chi connectivity index (χ3n) is 2.43. The van der Waals surface area contributed by atoms with Gasteiger partial charge in [0.1, 0.15) is 11.6 Å². The van der Waals surface area contributed by atoms with Gasteiger partial charge >= 0.3 is 0 Å². The average molecular weight is 223 g/mol. The number of hydrogen-bond acceptors (Lipinski definition) is 2. The molecule has 0 unspecified atom stereocenters. The smallest absolute Gasteiger partial charge is 0.129 e. The van der Waals surface area contributed by atoms with E-state index in [9.17, 15) is 9.18 Å². The summed E-state index contributed by atoms with van der Waals surface area (Å²) >= 11 is 0. The summed E-state index contributed by atoms with van der Waals surface area (Å²) < 4.78 is 12.7.